The van der Waals surface area contributed by atoms with Crippen LogP contribution in [-0.4, -0.2) is 10.1 Å². The number of hydrogen-bond donors (Lipinski definition) is 1. The Morgan fingerprint density at radius 3 is 2.80 bits per heavy atom. The monoisotopic (exact) mass is 237 g/mol. The van der Waals surface area contributed by atoms with Crippen molar-refractivity contribution in [1.29, 1.82) is 0 Å². The maximum atomic E-state index is 9.29. The molecule has 0 unspecified atom stereocenters. The van der Waals surface area contributed by atoms with Crippen LogP contribution in [0.2, 0.25) is 5.02 Å². The molecule has 1 aromatic carbocycles. The number of nitrogens with zero attached hydrogens (tertiary/aromatic N) is 1. The van der Waals surface area contributed by atoms with Crippen molar-refractivity contribution in [2.45, 2.75) is 9.92 Å². The van der Waals surface area contributed by atoms with Gasteiger partial charge in [-0.2, -0.15) is 0 Å². The van der Waals surface area contributed by atoms with Crippen LogP contribution in [0.3, 0.4) is 0 Å². The Morgan fingerprint density at radius 1 is 1.20 bits per heavy atom. The van der Waals surface area contributed by atoms with Gasteiger partial charge < -0.3 is 5.11 Å². The second-order valence-electron chi connectivity index (χ2n) is 2.89. The molecule has 0 aliphatic rings. The van der Waals surface area contributed by atoms with Gasteiger partial charge in [-0.15, -0.1) is 0 Å². The SMILES string of the molecule is Oc1cccc(Sc2ncccc2Cl)c1. The van der Waals surface area contributed by atoms with Gasteiger partial charge in [0.15, 0.2) is 0 Å². The quantitative estimate of drug-likeness (QED) is 0.867. The van der Waals surface area contributed by atoms with Crippen molar-refractivity contribution < 1.29 is 5.11 Å². The van der Waals surface area contributed by atoms with Crippen LogP contribution in [0.4, 0.5) is 0 Å². The van der Waals surface area contributed by atoms with Gasteiger partial charge in [0.25, 0.3) is 0 Å². The molecule has 0 radical (unpaired) electrons. The second-order valence-corrected chi connectivity index (χ2v) is 4.36. The zero-order chi connectivity index (χ0) is 10.7. The fourth-order valence-corrected chi connectivity index (χ4v) is 2.17. The molecule has 0 aliphatic carbocycles. The molecule has 1 N–H and O–H groups in total. The lowest BCUT2D eigenvalue weighted by molar-refractivity contribution is 0.474. The highest BCUT2D eigenvalue weighted by molar-refractivity contribution is 7.99. The highest BCUT2D eigenvalue weighted by Gasteiger charge is 2.03. The van der Waals surface area contributed by atoms with Crippen LogP contribution in [-0.2, 0) is 0 Å². The molecule has 2 aromatic rings. The Balaban J connectivity index is 2.26. The Bertz CT molecular complexity index is 476. The number of hydrogen-bond acceptors (Lipinski definition) is 3. The fourth-order valence-electron chi connectivity index (χ4n) is 1.10. The van der Waals surface area contributed by atoms with Crippen LogP contribution in [0.15, 0.2) is 52.5 Å². The molecule has 76 valence electrons. The molecule has 0 spiro atoms. The Kier molecular flexibility index (Phi) is 3.14. The fraction of sp³-hybridized carbons (Fsp3) is 0. The van der Waals surface area contributed by atoms with E-state index in [9.17, 15) is 5.11 Å². The standard InChI is InChI=1S/C11H8ClNOS/c12-10-5-2-6-13-11(10)15-9-4-1-3-8(14)7-9/h1-7,14H. The third-order valence-electron chi connectivity index (χ3n) is 1.76. The largest absolute Gasteiger partial charge is 0.508 e. The molecule has 1 heterocycles. The van der Waals surface area contributed by atoms with Gasteiger partial charge in [-0.05, 0) is 30.3 Å². The summed E-state index contributed by atoms with van der Waals surface area (Å²) in [6.07, 6.45) is 1.69. The number of aromatic nitrogens is 1. The molecule has 1 aromatic heterocycles. The summed E-state index contributed by atoms with van der Waals surface area (Å²) in [6.45, 7) is 0. The summed E-state index contributed by atoms with van der Waals surface area (Å²) in [5.74, 6) is 0.243. The zero-order valence-electron chi connectivity index (χ0n) is 7.72. The van der Waals surface area contributed by atoms with Gasteiger partial charge in [0.1, 0.15) is 10.8 Å². The van der Waals surface area contributed by atoms with E-state index in [-0.39, 0.29) is 5.75 Å². The summed E-state index contributed by atoms with van der Waals surface area (Å²) in [5, 5.41) is 10.7. The van der Waals surface area contributed by atoms with Gasteiger partial charge in [0.2, 0.25) is 0 Å². The van der Waals surface area contributed by atoms with Gasteiger partial charge in [0, 0.05) is 11.1 Å². The van der Waals surface area contributed by atoms with Gasteiger partial charge in [-0.25, -0.2) is 4.98 Å². The van der Waals surface area contributed by atoms with E-state index in [0.29, 0.717) is 5.02 Å². The van der Waals surface area contributed by atoms with E-state index in [0.717, 1.165) is 9.92 Å². The number of rotatable bonds is 2. The zero-order valence-corrected chi connectivity index (χ0v) is 9.29. The average Bonchev–Trinajstić information content (AvgIpc) is 2.22. The van der Waals surface area contributed by atoms with Crippen molar-refractivity contribution in [2.75, 3.05) is 0 Å². The van der Waals surface area contributed by atoms with E-state index < -0.39 is 0 Å². The van der Waals surface area contributed by atoms with Crippen molar-refractivity contribution in [3.63, 3.8) is 0 Å². The smallest absolute Gasteiger partial charge is 0.119 e. The molecular weight excluding hydrogens is 230 g/mol. The Hall–Kier alpha value is -1.19. The first-order valence-corrected chi connectivity index (χ1v) is 5.52. The molecule has 0 aliphatic heterocycles. The lowest BCUT2D eigenvalue weighted by Crippen LogP contribution is -1.80. The van der Waals surface area contributed by atoms with Crippen LogP contribution in [0.5, 0.6) is 5.75 Å². The number of phenols is 1. The number of aromatic hydroxyl groups is 1. The summed E-state index contributed by atoms with van der Waals surface area (Å²) in [7, 11) is 0. The van der Waals surface area contributed by atoms with E-state index in [2.05, 4.69) is 4.98 Å². The first-order valence-electron chi connectivity index (χ1n) is 4.33. The molecular formula is C11H8ClNOS. The van der Waals surface area contributed by atoms with Crippen molar-refractivity contribution in [1.82, 2.24) is 4.98 Å². The van der Waals surface area contributed by atoms with Crippen LogP contribution in [0.25, 0.3) is 0 Å². The lowest BCUT2D eigenvalue weighted by Gasteiger charge is -2.02. The van der Waals surface area contributed by atoms with Crippen LogP contribution < -0.4 is 0 Å². The van der Waals surface area contributed by atoms with Crippen molar-refractivity contribution in [3.05, 3.63) is 47.6 Å². The van der Waals surface area contributed by atoms with Crippen molar-refractivity contribution in [2.24, 2.45) is 0 Å². The summed E-state index contributed by atoms with van der Waals surface area (Å²) in [6, 6.07) is 10.6. The van der Waals surface area contributed by atoms with Gasteiger partial charge >= 0.3 is 0 Å². The van der Waals surface area contributed by atoms with Gasteiger partial charge in [-0.1, -0.05) is 29.4 Å². The minimum atomic E-state index is 0.243. The maximum absolute atomic E-state index is 9.29. The third kappa shape index (κ3) is 2.64. The Labute approximate surface area is 96.9 Å². The van der Waals surface area contributed by atoms with Gasteiger partial charge in [0.05, 0.1) is 5.02 Å². The molecule has 0 fully saturated rings. The minimum Gasteiger partial charge on any atom is -0.508 e. The van der Waals surface area contributed by atoms with Crippen molar-refractivity contribution in [3.8, 4) is 5.75 Å². The van der Waals surface area contributed by atoms with Crippen molar-refractivity contribution >= 4 is 23.4 Å². The predicted molar refractivity (Wildman–Crippen MR) is 61.5 cm³/mol. The minimum absolute atomic E-state index is 0.243. The highest BCUT2D eigenvalue weighted by Crippen LogP contribution is 2.32. The first kappa shape index (κ1) is 10.3. The van der Waals surface area contributed by atoms with E-state index >= 15 is 0 Å². The number of halogens is 1. The second kappa shape index (κ2) is 4.55. The maximum Gasteiger partial charge on any atom is 0.119 e. The Morgan fingerprint density at radius 2 is 2.07 bits per heavy atom. The van der Waals surface area contributed by atoms with Gasteiger partial charge in [-0.3, -0.25) is 0 Å². The number of phenolic OH excluding ortho intramolecular Hbond substituents is 1. The molecule has 4 heteroatoms. The van der Waals surface area contributed by atoms with E-state index in [1.165, 1.54) is 11.8 Å². The third-order valence-corrected chi connectivity index (χ3v) is 3.18. The topological polar surface area (TPSA) is 33.1 Å². The molecule has 0 saturated carbocycles. The summed E-state index contributed by atoms with van der Waals surface area (Å²) in [4.78, 5) is 5.07. The van der Waals surface area contributed by atoms with E-state index in [1.54, 1.807) is 36.5 Å². The lowest BCUT2D eigenvalue weighted by atomic mass is 10.3. The summed E-state index contributed by atoms with van der Waals surface area (Å²) in [5.41, 5.74) is 0. The molecule has 2 nitrogen and oxygen atoms in total. The summed E-state index contributed by atoms with van der Waals surface area (Å²) >= 11 is 7.39. The predicted octanol–water partition coefficient (Wildman–Crippen LogP) is 3.59. The van der Waals surface area contributed by atoms with Crippen LogP contribution in [0, 0.1) is 0 Å². The molecule has 0 atom stereocenters. The molecule has 0 amide bonds. The number of benzene rings is 1. The highest BCUT2D eigenvalue weighted by atomic mass is 35.5. The van der Waals surface area contributed by atoms with Crippen LogP contribution >= 0.6 is 23.4 Å². The molecule has 2 rings (SSSR count). The molecule has 15 heavy (non-hydrogen) atoms. The molecule has 0 saturated heterocycles. The molecule has 0 bridgehead atoms. The average molecular weight is 238 g/mol. The number of pyridine rings is 1. The van der Waals surface area contributed by atoms with Crippen LogP contribution in [0.1, 0.15) is 0 Å². The van der Waals surface area contributed by atoms with E-state index in [1.807, 2.05) is 6.07 Å². The first-order chi connectivity index (χ1) is 7.25. The normalized spacial score (nSPS) is 10.2. The summed E-state index contributed by atoms with van der Waals surface area (Å²) < 4.78 is 0. The van der Waals surface area contributed by atoms with E-state index in [4.69, 9.17) is 11.6 Å².